The first-order chi connectivity index (χ1) is 4.34. The highest BCUT2D eigenvalue weighted by molar-refractivity contribution is 5.80. The first-order valence-electron chi connectivity index (χ1n) is 3.28. The molecule has 1 fully saturated rings. The van der Waals surface area contributed by atoms with Gasteiger partial charge in [0.2, 0.25) is 0 Å². The standard InChI is InChI=1S/C6H12N2O/c7-6(5-9)8-3-1-2-4-8/h7,9H,1-5H2. The summed E-state index contributed by atoms with van der Waals surface area (Å²) >= 11 is 0. The number of nitrogens with zero attached hydrogens (tertiary/aromatic N) is 1. The average Bonchev–Trinajstić information content (AvgIpc) is 2.37. The third-order valence-corrected chi connectivity index (χ3v) is 1.64. The molecule has 0 radical (unpaired) electrons. The molecule has 0 saturated carbocycles. The van der Waals surface area contributed by atoms with Crippen molar-refractivity contribution in [2.45, 2.75) is 12.8 Å². The highest BCUT2D eigenvalue weighted by atomic mass is 16.3. The molecule has 52 valence electrons. The first-order valence-corrected chi connectivity index (χ1v) is 3.28. The maximum Gasteiger partial charge on any atom is 0.122 e. The molecule has 1 saturated heterocycles. The molecular formula is C6H12N2O. The zero-order valence-electron chi connectivity index (χ0n) is 5.43. The van der Waals surface area contributed by atoms with E-state index < -0.39 is 0 Å². The van der Waals surface area contributed by atoms with Crippen molar-refractivity contribution in [3.05, 3.63) is 0 Å². The Bertz CT molecular complexity index is 108. The number of aliphatic hydroxyl groups excluding tert-OH is 1. The van der Waals surface area contributed by atoms with Crippen molar-refractivity contribution >= 4 is 5.84 Å². The van der Waals surface area contributed by atoms with Crippen molar-refractivity contribution in [3.8, 4) is 0 Å². The number of hydrogen-bond donors (Lipinski definition) is 2. The minimum absolute atomic E-state index is 0.111. The van der Waals surface area contributed by atoms with Gasteiger partial charge in [0, 0.05) is 13.1 Å². The summed E-state index contributed by atoms with van der Waals surface area (Å²) in [6.45, 7) is 1.80. The smallest absolute Gasteiger partial charge is 0.122 e. The molecule has 0 aromatic heterocycles. The molecule has 2 N–H and O–H groups in total. The topological polar surface area (TPSA) is 47.3 Å². The number of rotatable bonds is 1. The van der Waals surface area contributed by atoms with Gasteiger partial charge in [0.25, 0.3) is 0 Å². The first kappa shape index (κ1) is 6.55. The van der Waals surface area contributed by atoms with Gasteiger partial charge in [0.15, 0.2) is 0 Å². The van der Waals surface area contributed by atoms with E-state index in [2.05, 4.69) is 0 Å². The largest absolute Gasteiger partial charge is 0.388 e. The van der Waals surface area contributed by atoms with Crippen LogP contribution >= 0.6 is 0 Å². The van der Waals surface area contributed by atoms with Gasteiger partial charge in [-0.25, -0.2) is 0 Å². The Hall–Kier alpha value is -0.570. The average molecular weight is 128 g/mol. The number of nitrogens with one attached hydrogen (secondary N) is 1. The summed E-state index contributed by atoms with van der Waals surface area (Å²) in [6, 6.07) is 0. The second kappa shape index (κ2) is 2.82. The van der Waals surface area contributed by atoms with E-state index in [0.29, 0.717) is 5.84 Å². The molecule has 0 atom stereocenters. The molecule has 0 aromatic carbocycles. The van der Waals surface area contributed by atoms with Gasteiger partial charge >= 0.3 is 0 Å². The third-order valence-electron chi connectivity index (χ3n) is 1.64. The summed E-state index contributed by atoms with van der Waals surface area (Å²) in [5, 5.41) is 15.7. The molecule has 0 unspecified atom stereocenters. The Morgan fingerprint density at radius 2 is 2.00 bits per heavy atom. The van der Waals surface area contributed by atoms with E-state index in [1.54, 1.807) is 0 Å². The Morgan fingerprint density at radius 1 is 1.44 bits per heavy atom. The zero-order valence-corrected chi connectivity index (χ0v) is 5.43. The van der Waals surface area contributed by atoms with Crippen LogP contribution in [0.1, 0.15) is 12.8 Å². The van der Waals surface area contributed by atoms with Crippen LogP contribution in [0.4, 0.5) is 0 Å². The van der Waals surface area contributed by atoms with Gasteiger partial charge in [0.1, 0.15) is 12.4 Å². The maximum atomic E-state index is 8.53. The van der Waals surface area contributed by atoms with E-state index in [-0.39, 0.29) is 6.61 Å². The van der Waals surface area contributed by atoms with E-state index in [0.717, 1.165) is 13.1 Å². The van der Waals surface area contributed by atoms with Gasteiger partial charge in [-0.15, -0.1) is 0 Å². The van der Waals surface area contributed by atoms with Crippen LogP contribution in [-0.2, 0) is 0 Å². The van der Waals surface area contributed by atoms with Gasteiger partial charge in [-0.3, -0.25) is 5.41 Å². The molecule has 3 nitrogen and oxygen atoms in total. The predicted molar refractivity (Wildman–Crippen MR) is 35.6 cm³/mol. The molecule has 3 heteroatoms. The SMILES string of the molecule is N=C(CO)N1CCCC1. The second-order valence-corrected chi connectivity index (χ2v) is 2.30. The Balaban J connectivity index is 2.32. The molecule has 0 aromatic rings. The molecule has 0 spiro atoms. The lowest BCUT2D eigenvalue weighted by molar-refractivity contribution is 0.331. The normalized spacial score (nSPS) is 18.6. The number of aliphatic hydroxyl groups is 1. The van der Waals surface area contributed by atoms with E-state index in [1.807, 2.05) is 4.90 Å². The molecule has 1 rings (SSSR count). The van der Waals surface area contributed by atoms with Crippen LogP contribution in [0.2, 0.25) is 0 Å². The van der Waals surface area contributed by atoms with Crippen molar-refractivity contribution in [3.63, 3.8) is 0 Å². The van der Waals surface area contributed by atoms with E-state index in [9.17, 15) is 0 Å². The fourth-order valence-electron chi connectivity index (χ4n) is 1.09. The van der Waals surface area contributed by atoms with Gasteiger partial charge in [-0.05, 0) is 12.8 Å². The van der Waals surface area contributed by atoms with Crippen LogP contribution in [0, 0.1) is 5.41 Å². The molecule has 9 heavy (non-hydrogen) atoms. The van der Waals surface area contributed by atoms with Crippen LogP contribution in [0.5, 0.6) is 0 Å². The maximum absolute atomic E-state index is 8.53. The Labute approximate surface area is 54.8 Å². The monoisotopic (exact) mass is 128 g/mol. The molecular weight excluding hydrogens is 116 g/mol. The highest BCUT2D eigenvalue weighted by Crippen LogP contribution is 2.06. The van der Waals surface area contributed by atoms with Crippen LogP contribution in [0.25, 0.3) is 0 Å². The van der Waals surface area contributed by atoms with Gasteiger partial charge in [0.05, 0.1) is 0 Å². The van der Waals surface area contributed by atoms with E-state index >= 15 is 0 Å². The van der Waals surface area contributed by atoms with E-state index in [4.69, 9.17) is 10.5 Å². The summed E-state index contributed by atoms with van der Waals surface area (Å²) in [7, 11) is 0. The van der Waals surface area contributed by atoms with E-state index in [1.165, 1.54) is 12.8 Å². The van der Waals surface area contributed by atoms with Crippen molar-refractivity contribution in [1.82, 2.24) is 4.90 Å². The highest BCUT2D eigenvalue weighted by Gasteiger charge is 2.12. The minimum Gasteiger partial charge on any atom is -0.388 e. The minimum atomic E-state index is -0.111. The lowest BCUT2D eigenvalue weighted by atomic mass is 10.4. The van der Waals surface area contributed by atoms with Crippen molar-refractivity contribution in [2.75, 3.05) is 19.7 Å². The van der Waals surface area contributed by atoms with Gasteiger partial charge in [-0.2, -0.15) is 0 Å². The summed E-state index contributed by atoms with van der Waals surface area (Å²) in [6.07, 6.45) is 2.34. The van der Waals surface area contributed by atoms with Crippen LogP contribution in [-0.4, -0.2) is 35.5 Å². The lowest BCUT2D eigenvalue weighted by Crippen LogP contribution is -2.29. The number of likely N-dealkylation sites (tertiary alicyclic amines) is 1. The molecule has 1 aliphatic heterocycles. The van der Waals surface area contributed by atoms with Crippen LogP contribution in [0.3, 0.4) is 0 Å². The summed E-state index contributed by atoms with van der Waals surface area (Å²) in [4.78, 5) is 1.92. The van der Waals surface area contributed by atoms with Crippen molar-refractivity contribution < 1.29 is 5.11 Å². The van der Waals surface area contributed by atoms with Crippen molar-refractivity contribution in [2.24, 2.45) is 0 Å². The predicted octanol–water partition coefficient (Wildman–Crippen LogP) is 0.0518. The fourth-order valence-corrected chi connectivity index (χ4v) is 1.09. The molecule has 0 aliphatic carbocycles. The lowest BCUT2D eigenvalue weighted by Gasteiger charge is -2.15. The fraction of sp³-hybridized carbons (Fsp3) is 0.833. The summed E-state index contributed by atoms with van der Waals surface area (Å²) in [5.74, 6) is 0.368. The zero-order chi connectivity index (χ0) is 6.69. The van der Waals surface area contributed by atoms with Gasteiger partial charge < -0.3 is 10.0 Å². The summed E-state index contributed by atoms with van der Waals surface area (Å²) in [5.41, 5.74) is 0. The molecule has 1 heterocycles. The third kappa shape index (κ3) is 1.42. The summed E-state index contributed by atoms with van der Waals surface area (Å²) < 4.78 is 0. The quantitative estimate of drug-likeness (QED) is 0.387. The van der Waals surface area contributed by atoms with Crippen LogP contribution in [0.15, 0.2) is 0 Å². The molecule has 0 amide bonds. The second-order valence-electron chi connectivity index (χ2n) is 2.30. The number of amidine groups is 1. The van der Waals surface area contributed by atoms with Crippen molar-refractivity contribution in [1.29, 1.82) is 5.41 Å². The molecule has 1 aliphatic rings. The van der Waals surface area contributed by atoms with Crippen LogP contribution < -0.4 is 0 Å². The Kier molecular flexibility index (Phi) is 2.05. The molecule has 0 bridgehead atoms. The van der Waals surface area contributed by atoms with Gasteiger partial charge in [-0.1, -0.05) is 0 Å². The Morgan fingerprint density at radius 3 is 2.44 bits per heavy atom. The number of hydrogen-bond acceptors (Lipinski definition) is 2.